The molecule has 3 aliphatic rings. The summed E-state index contributed by atoms with van der Waals surface area (Å²) in [4.78, 5) is 0. The molecule has 5 rings (SSSR count). The average molecular weight is 469 g/mol. The molecule has 2 aromatic carbocycles. The zero-order chi connectivity index (χ0) is 23.7. The van der Waals surface area contributed by atoms with Crippen LogP contribution in [-0.2, 0) is 11.2 Å². The predicted molar refractivity (Wildman–Crippen MR) is 129 cm³/mol. The van der Waals surface area contributed by atoms with Crippen LogP contribution in [0.3, 0.4) is 0 Å². The van der Waals surface area contributed by atoms with E-state index < -0.39 is 11.6 Å². The Hall–Kier alpha value is -2.07. The van der Waals surface area contributed by atoms with E-state index >= 15 is 8.78 Å². The molecule has 182 valence electrons. The zero-order valence-corrected chi connectivity index (χ0v) is 19.9. The Morgan fingerprint density at radius 1 is 0.794 bits per heavy atom. The zero-order valence-electron chi connectivity index (χ0n) is 19.9. The van der Waals surface area contributed by atoms with Gasteiger partial charge in [-0.1, -0.05) is 30.3 Å². The molecule has 1 saturated heterocycles. The van der Waals surface area contributed by atoms with Gasteiger partial charge in [-0.3, -0.25) is 0 Å². The first-order valence-electron chi connectivity index (χ1n) is 13.0. The van der Waals surface area contributed by atoms with Gasteiger partial charge in [0.25, 0.3) is 0 Å². The topological polar surface area (TPSA) is 12.5 Å². The highest BCUT2D eigenvalue weighted by molar-refractivity contribution is 5.32. The van der Waals surface area contributed by atoms with Gasteiger partial charge in [-0.15, -0.1) is 6.58 Å². The van der Waals surface area contributed by atoms with Crippen molar-refractivity contribution in [2.45, 2.75) is 82.1 Å². The highest BCUT2D eigenvalue weighted by Crippen LogP contribution is 2.42. The maximum atomic E-state index is 15.1. The third-order valence-electron chi connectivity index (χ3n) is 8.56. The van der Waals surface area contributed by atoms with Gasteiger partial charge in [0.15, 0.2) is 11.6 Å². The summed E-state index contributed by atoms with van der Waals surface area (Å²) in [5.41, 5.74) is 2.80. The molecule has 1 unspecified atom stereocenters. The molecule has 2 aromatic rings. The van der Waals surface area contributed by atoms with Crippen LogP contribution in [0.5, 0.6) is 0 Å². The molecule has 1 aliphatic heterocycles. The van der Waals surface area contributed by atoms with Crippen molar-refractivity contribution in [2.24, 2.45) is 11.8 Å². The molecule has 1 heterocycles. The van der Waals surface area contributed by atoms with E-state index in [1.54, 1.807) is 6.07 Å². The first kappa shape index (κ1) is 23.7. The van der Waals surface area contributed by atoms with E-state index in [9.17, 15) is 4.39 Å². The number of hydrogen-bond acceptors (Lipinski definition) is 1. The van der Waals surface area contributed by atoms with Crippen molar-refractivity contribution in [3.05, 3.63) is 82.7 Å². The Bertz CT molecular complexity index is 1010. The standard InChI is InChI=1S/C30H35F3O/c1-2-19-5-10-22(11-6-19)24-15-16-25(30(33)29(24)32)23-12-7-20(8-13-23)3-4-21-9-14-26(27(31)17-21)28-18-34-28/h2,9,14-17,19-20,22-23,28H,1,3-8,10-13,18H2. The van der Waals surface area contributed by atoms with Gasteiger partial charge in [-0.05, 0) is 111 Å². The summed E-state index contributed by atoms with van der Waals surface area (Å²) in [7, 11) is 0. The summed E-state index contributed by atoms with van der Waals surface area (Å²) >= 11 is 0. The van der Waals surface area contributed by atoms with E-state index in [1.165, 1.54) is 0 Å². The lowest BCUT2D eigenvalue weighted by molar-refractivity contribution is 0.304. The van der Waals surface area contributed by atoms with Crippen molar-refractivity contribution in [3.8, 4) is 0 Å². The molecule has 2 saturated carbocycles. The molecular weight excluding hydrogens is 433 g/mol. The quantitative estimate of drug-likeness (QED) is 0.293. The van der Waals surface area contributed by atoms with Gasteiger partial charge in [0, 0.05) is 5.56 Å². The number of epoxide rings is 1. The van der Waals surface area contributed by atoms with E-state index in [-0.39, 0.29) is 23.8 Å². The fraction of sp³-hybridized carbons (Fsp3) is 0.533. The Balaban J connectivity index is 1.15. The van der Waals surface area contributed by atoms with E-state index in [0.717, 1.165) is 69.8 Å². The van der Waals surface area contributed by atoms with Crippen molar-refractivity contribution in [2.75, 3.05) is 6.61 Å². The fourth-order valence-electron chi connectivity index (χ4n) is 6.22. The molecule has 3 fully saturated rings. The number of hydrogen-bond donors (Lipinski definition) is 0. The minimum Gasteiger partial charge on any atom is -0.368 e. The summed E-state index contributed by atoms with van der Waals surface area (Å²) in [5, 5.41) is 0. The second-order valence-electron chi connectivity index (χ2n) is 10.7. The molecule has 0 radical (unpaired) electrons. The van der Waals surface area contributed by atoms with E-state index in [4.69, 9.17) is 4.74 Å². The molecule has 1 atom stereocenters. The number of allylic oxidation sites excluding steroid dienone is 1. The number of aryl methyl sites for hydroxylation is 1. The predicted octanol–water partition coefficient (Wildman–Crippen LogP) is 8.54. The lowest BCUT2D eigenvalue weighted by Crippen LogP contribution is -2.17. The lowest BCUT2D eigenvalue weighted by Gasteiger charge is -2.30. The Morgan fingerprint density at radius 3 is 1.88 bits per heavy atom. The van der Waals surface area contributed by atoms with Crippen molar-refractivity contribution in [1.82, 2.24) is 0 Å². The van der Waals surface area contributed by atoms with Crippen molar-refractivity contribution < 1.29 is 17.9 Å². The summed E-state index contributed by atoms with van der Waals surface area (Å²) in [6, 6.07) is 9.21. The number of benzene rings is 2. The van der Waals surface area contributed by atoms with Crippen LogP contribution in [0, 0.1) is 29.3 Å². The van der Waals surface area contributed by atoms with E-state index in [0.29, 0.717) is 35.1 Å². The van der Waals surface area contributed by atoms with Gasteiger partial charge in [0.2, 0.25) is 0 Å². The van der Waals surface area contributed by atoms with Gasteiger partial charge in [-0.2, -0.15) is 0 Å². The first-order valence-corrected chi connectivity index (χ1v) is 13.0. The van der Waals surface area contributed by atoms with Gasteiger partial charge in [0.1, 0.15) is 11.9 Å². The SMILES string of the molecule is C=CC1CCC(c2ccc(C3CCC(CCc4ccc(C5CO5)c(F)c4)CC3)c(F)c2F)CC1. The van der Waals surface area contributed by atoms with Crippen LogP contribution < -0.4 is 0 Å². The van der Waals surface area contributed by atoms with Crippen molar-refractivity contribution >= 4 is 0 Å². The van der Waals surface area contributed by atoms with Gasteiger partial charge in [0.05, 0.1) is 6.61 Å². The fourth-order valence-corrected chi connectivity index (χ4v) is 6.22. The van der Waals surface area contributed by atoms with Gasteiger partial charge >= 0.3 is 0 Å². The van der Waals surface area contributed by atoms with Crippen LogP contribution >= 0.6 is 0 Å². The van der Waals surface area contributed by atoms with Crippen LogP contribution in [0.15, 0.2) is 43.0 Å². The lowest BCUT2D eigenvalue weighted by atomic mass is 9.75. The highest BCUT2D eigenvalue weighted by atomic mass is 19.2. The van der Waals surface area contributed by atoms with Crippen LogP contribution in [0.4, 0.5) is 13.2 Å². The van der Waals surface area contributed by atoms with Crippen LogP contribution in [0.1, 0.15) is 98.0 Å². The molecule has 34 heavy (non-hydrogen) atoms. The second-order valence-corrected chi connectivity index (χ2v) is 10.7. The smallest absolute Gasteiger partial charge is 0.162 e. The van der Waals surface area contributed by atoms with Crippen LogP contribution in [-0.4, -0.2) is 6.61 Å². The Morgan fingerprint density at radius 2 is 1.35 bits per heavy atom. The molecule has 0 amide bonds. The normalized spacial score (nSPS) is 29.1. The van der Waals surface area contributed by atoms with Crippen molar-refractivity contribution in [1.29, 1.82) is 0 Å². The summed E-state index contributed by atoms with van der Waals surface area (Å²) in [6.45, 7) is 4.48. The van der Waals surface area contributed by atoms with E-state index in [2.05, 4.69) is 6.58 Å². The number of rotatable bonds is 7. The molecule has 4 heteroatoms. The summed E-state index contributed by atoms with van der Waals surface area (Å²) in [5.74, 6) is -0.144. The van der Waals surface area contributed by atoms with E-state index in [1.807, 2.05) is 30.3 Å². The van der Waals surface area contributed by atoms with Crippen LogP contribution in [0.2, 0.25) is 0 Å². The average Bonchev–Trinajstić information content (AvgIpc) is 3.70. The summed E-state index contributed by atoms with van der Waals surface area (Å²) in [6.07, 6.45) is 11.4. The monoisotopic (exact) mass is 468 g/mol. The second kappa shape index (κ2) is 10.3. The number of halogens is 3. The maximum absolute atomic E-state index is 15.1. The highest BCUT2D eigenvalue weighted by Gasteiger charge is 2.30. The minimum atomic E-state index is -0.623. The molecule has 0 aromatic heterocycles. The largest absolute Gasteiger partial charge is 0.368 e. The Kier molecular flexibility index (Phi) is 7.15. The molecule has 2 aliphatic carbocycles. The molecule has 0 spiro atoms. The van der Waals surface area contributed by atoms with Crippen molar-refractivity contribution in [3.63, 3.8) is 0 Å². The minimum absolute atomic E-state index is 0.0593. The van der Waals surface area contributed by atoms with Gasteiger partial charge < -0.3 is 4.74 Å². The van der Waals surface area contributed by atoms with Gasteiger partial charge in [-0.25, -0.2) is 13.2 Å². The first-order chi connectivity index (χ1) is 16.5. The molecule has 1 nitrogen and oxygen atoms in total. The number of ether oxygens (including phenoxy) is 1. The van der Waals surface area contributed by atoms with Crippen LogP contribution in [0.25, 0.3) is 0 Å². The molecular formula is C30H35F3O. The molecule has 0 N–H and O–H groups in total. The Labute approximate surface area is 201 Å². The molecule has 0 bridgehead atoms. The third kappa shape index (κ3) is 5.12. The maximum Gasteiger partial charge on any atom is 0.162 e. The third-order valence-corrected chi connectivity index (χ3v) is 8.56. The summed E-state index contributed by atoms with van der Waals surface area (Å²) < 4.78 is 49.6.